The van der Waals surface area contributed by atoms with Crippen molar-refractivity contribution in [2.75, 3.05) is 9.80 Å². The number of hydrogen-bond donors (Lipinski definition) is 0. The molecule has 9 aromatic carbocycles. The highest BCUT2D eigenvalue weighted by atomic mass is 35.5. The quantitative estimate of drug-likeness (QED) is 0.150. The number of nitrogens with zero attached hydrogens (tertiary/aromatic N) is 2. The predicted molar refractivity (Wildman–Crippen MR) is 288 cm³/mol. The van der Waals surface area contributed by atoms with E-state index in [9.17, 15) is 0 Å². The van der Waals surface area contributed by atoms with Crippen LogP contribution in [0.1, 0.15) is 38.9 Å². The van der Waals surface area contributed by atoms with Gasteiger partial charge in [-0.2, -0.15) is 0 Å². The van der Waals surface area contributed by atoms with E-state index in [4.69, 9.17) is 34.8 Å². The summed E-state index contributed by atoms with van der Waals surface area (Å²) < 4.78 is 0. The Morgan fingerprint density at radius 2 is 0.576 bits per heavy atom. The molecule has 9 aromatic rings. The summed E-state index contributed by atoms with van der Waals surface area (Å²) >= 11 is 17.7. The van der Waals surface area contributed by atoms with Crippen molar-refractivity contribution in [1.29, 1.82) is 0 Å². The Morgan fingerprint density at radius 3 is 0.879 bits per heavy atom. The number of anilines is 6. The van der Waals surface area contributed by atoms with Crippen molar-refractivity contribution in [3.63, 3.8) is 0 Å². The molecule has 0 radical (unpaired) electrons. The normalized spacial score (nSPS) is 10.6. The Labute approximate surface area is 407 Å². The molecule has 0 aromatic heterocycles. The highest BCUT2D eigenvalue weighted by Gasteiger charge is 2.17. The van der Waals surface area contributed by atoms with Gasteiger partial charge in [-0.15, -0.1) is 0 Å². The summed E-state index contributed by atoms with van der Waals surface area (Å²) in [5.41, 5.74) is 20.5. The average molecular weight is 922 g/mol. The first-order valence-corrected chi connectivity index (χ1v) is 23.3. The van der Waals surface area contributed by atoms with Crippen LogP contribution in [0, 0.1) is 48.5 Å². The molecule has 0 aliphatic carbocycles. The minimum Gasteiger partial charge on any atom is -0.310 e. The molecule has 0 bridgehead atoms. The fourth-order valence-corrected chi connectivity index (χ4v) is 8.50. The van der Waals surface area contributed by atoms with Gasteiger partial charge in [0.1, 0.15) is 0 Å². The first kappa shape index (κ1) is 47.4. The number of rotatable bonds is 8. The first-order valence-electron chi connectivity index (χ1n) is 22.1. The predicted octanol–water partition coefficient (Wildman–Crippen LogP) is 19.5. The Hall–Kier alpha value is -6.55. The van der Waals surface area contributed by atoms with E-state index in [0.717, 1.165) is 43.5 Å². The minimum atomic E-state index is 0.727. The van der Waals surface area contributed by atoms with Gasteiger partial charge >= 0.3 is 0 Å². The van der Waals surface area contributed by atoms with Gasteiger partial charge in [0.2, 0.25) is 0 Å². The zero-order valence-corrected chi connectivity index (χ0v) is 40.9. The summed E-state index contributed by atoms with van der Waals surface area (Å²) in [7, 11) is 0. The van der Waals surface area contributed by atoms with E-state index in [2.05, 4.69) is 185 Å². The molecule has 0 atom stereocenters. The van der Waals surface area contributed by atoms with Crippen LogP contribution >= 0.6 is 34.8 Å². The maximum Gasteiger partial charge on any atom is 0.0490 e. The van der Waals surface area contributed by atoms with Crippen LogP contribution in [0.5, 0.6) is 0 Å². The molecule has 0 aliphatic rings. The van der Waals surface area contributed by atoms with E-state index in [-0.39, 0.29) is 0 Å². The zero-order chi connectivity index (χ0) is 46.7. The first-order chi connectivity index (χ1) is 31.8. The summed E-state index contributed by atoms with van der Waals surface area (Å²) in [5, 5.41) is 2.26. The Bertz CT molecular complexity index is 2860. The summed E-state index contributed by atoms with van der Waals surface area (Å²) in [6, 6.07) is 71.8. The van der Waals surface area contributed by atoms with E-state index < -0.39 is 0 Å². The second-order valence-corrected chi connectivity index (χ2v) is 18.1. The van der Waals surface area contributed by atoms with Crippen molar-refractivity contribution in [2.45, 2.75) is 48.5 Å². The lowest BCUT2D eigenvalue weighted by atomic mass is 10.0. The van der Waals surface area contributed by atoms with Crippen molar-refractivity contribution in [1.82, 2.24) is 0 Å². The minimum absolute atomic E-state index is 0.727. The number of halogens is 3. The van der Waals surface area contributed by atoms with Crippen molar-refractivity contribution < 1.29 is 0 Å². The molecule has 0 heterocycles. The van der Waals surface area contributed by atoms with Gasteiger partial charge < -0.3 is 9.80 Å². The van der Waals surface area contributed by atoms with Gasteiger partial charge in [0.15, 0.2) is 0 Å². The Balaban J connectivity index is 0.000000178. The van der Waals surface area contributed by atoms with Gasteiger partial charge in [-0.25, -0.2) is 0 Å². The van der Waals surface area contributed by atoms with Crippen LogP contribution in [0.15, 0.2) is 206 Å². The van der Waals surface area contributed by atoms with Gasteiger partial charge in [0, 0.05) is 49.2 Å². The highest BCUT2D eigenvalue weighted by molar-refractivity contribution is 6.31. The molecule has 0 fully saturated rings. The van der Waals surface area contributed by atoms with Crippen LogP contribution in [0.25, 0.3) is 22.3 Å². The van der Waals surface area contributed by atoms with Crippen LogP contribution < -0.4 is 9.80 Å². The Morgan fingerprint density at radius 1 is 0.258 bits per heavy atom. The van der Waals surface area contributed by atoms with Crippen molar-refractivity contribution in [3.05, 3.63) is 260 Å². The number of hydrogen-bond acceptors (Lipinski definition) is 2. The van der Waals surface area contributed by atoms with E-state index in [0.29, 0.717) is 0 Å². The van der Waals surface area contributed by atoms with E-state index >= 15 is 0 Å². The van der Waals surface area contributed by atoms with E-state index in [1.165, 1.54) is 66.9 Å². The SMILES string of the molecule is Cc1ccc(N(c2ccc(Cl)cc2)c2ccc(Cl)cc2)c(C)c1.Cc1cccc(-c2ccc(N(c3ccc(-c4cccc(C)c4)cc3)c3ccc(C)cc3C)cc2)c1.Cc1cccc(Cl)c1. The summed E-state index contributed by atoms with van der Waals surface area (Å²) in [6.07, 6.45) is 0. The van der Waals surface area contributed by atoms with Crippen molar-refractivity contribution in [3.8, 4) is 22.3 Å². The third-order valence-corrected chi connectivity index (χ3v) is 12.0. The van der Waals surface area contributed by atoms with Crippen molar-refractivity contribution in [2.24, 2.45) is 0 Å². The fourth-order valence-electron chi connectivity index (χ4n) is 8.01. The molecule has 0 saturated carbocycles. The van der Waals surface area contributed by atoms with Crippen LogP contribution in [0.3, 0.4) is 0 Å². The second-order valence-electron chi connectivity index (χ2n) is 16.8. The molecule has 66 heavy (non-hydrogen) atoms. The average Bonchev–Trinajstić information content (AvgIpc) is 3.30. The van der Waals surface area contributed by atoms with Crippen molar-refractivity contribution >= 4 is 68.9 Å². The smallest absolute Gasteiger partial charge is 0.0490 e. The maximum atomic E-state index is 6.05. The van der Waals surface area contributed by atoms with Crippen LogP contribution in [-0.2, 0) is 0 Å². The molecule has 9 rings (SSSR count). The molecule has 0 aliphatic heterocycles. The molecular weight excluding hydrogens is 867 g/mol. The van der Waals surface area contributed by atoms with Gasteiger partial charge in [0.05, 0.1) is 0 Å². The molecule has 5 heteroatoms. The van der Waals surface area contributed by atoms with Gasteiger partial charge in [-0.3, -0.25) is 0 Å². The molecule has 0 saturated heterocycles. The summed E-state index contributed by atoms with van der Waals surface area (Å²) in [6.45, 7) is 14.9. The third kappa shape index (κ3) is 12.4. The highest BCUT2D eigenvalue weighted by Crippen LogP contribution is 2.40. The number of aryl methyl sites for hydroxylation is 7. The summed E-state index contributed by atoms with van der Waals surface area (Å²) in [4.78, 5) is 4.57. The topological polar surface area (TPSA) is 6.48 Å². The standard InChI is InChI=1S/C34H31N.C20H17Cl2N.C7H7Cl/c1-24-7-5-9-30(22-24)28-12-16-32(17-13-28)35(34-20-11-26(3)21-27(34)4)33-18-14-29(15-19-33)31-10-6-8-25(2)23-31;1-14-3-12-20(15(2)13-14)23(18-8-4-16(21)5-9-18)19-10-6-17(22)7-11-19;1-6-3-2-4-7(8)5-6/h5-23H,1-4H3;3-13H,1-2H3;2-5H,1H3. The third-order valence-electron chi connectivity index (χ3n) is 11.3. The van der Waals surface area contributed by atoms with E-state index in [1.54, 1.807) is 0 Å². The monoisotopic (exact) mass is 920 g/mol. The lowest BCUT2D eigenvalue weighted by molar-refractivity contribution is 1.24. The van der Waals surface area contributed by atoms with Crippen LogP contribution in [0.2, 0.25) is 15.1 Å². The molecule has 330 valence electrons. The fraction of sp³-hybridized carbons (Fsp3) is 0.115. The second kappa shape index (κ2) is 22.1. The van der Waals surface area contributed by atoms with Gasteiger partial charge in [-0.05, 0) is 184 Å². The van der Waals surface area contributed by atoms with Crippen LogP contribution in [0.4, 0.5) is 34.1 Å². The molecular formula is C61H55Cl3N2. The summed E-state index contributed by atoms with van der Waals surface area (Å²) in [5.74, 6) is 0. The lowest BCUT2D eigenvalue weighted by Gasteiger charge is -2.27. The lowest BCUT2D eigenvalue weighted by Crippen LogP contribution is -2.11. The maximum absolute atomic E-state index is 6.05. The molecule has 0 spiro atoms. The Kier molecular flexibility index (Phi) is 15.9. The van der Waals surface area contributed by atoms with Gasteiger partial charge in [-0.1, -0.05) is 166 Å². The van der Waals surface area contributed by atoms with Crippen LogP contribution in [-0.4, -0.2) is 0 Å². The molecule has 0 amide bonds. The molecule has 0 N–H and O–H groups in total. The molecule has 2 nitrogen and oxygen atoms in total. The van der Waals surface area contributed by atoms with E-state index in [1.807, 2.05) is 79.7 Å². The van der Waals surface area contributed by atoms with Gasteiger partial charge in [0.25, 0.3) is 0 Å². The molecule has 0 unspecified atom stereocenters. The zero-order valence-electron chi connectivity index (χ0n) is 38.7. The largest absolute Gasteiger partial charge is 0.310 e. The number of benzene rings is 9.